The van der Waals surface area contributed by atoms with Gasteiger partial charge in [-0.2, -0.15) is 0 Å². The number of halogens is 2. The Kier molecular flexibility index (Phi) is 3.66. The number of aryl methyl sites for hydroxylation is 1. The van der Waals surface area contributed by atoms with Crippen LogP contribution in [0, 0.1) is 6.92 Å². The predicted octanol–water partition coefficient (Wildman–Crippen LogP) is 3.98. The van der Waals surface area contributed by atoms with Gasteiger partial charge < -0.3 is 4.74 Å². The average Bonchev–Trinajstić information content (AvgIpc) is 2.69. The van der Waals surface area contributed by atoms with Gasteiger partial charge in [0, 0.05) is 10.4 Å². The molecule has 1 heterocycles. The van der Waals surface area contributed by atoms with Crippen molar-refractivity contribution in [2.45, 2.75) is 6.92 Å². The van der Waals surface area contributed by atoms with Crippen molar-refractivity contribution < 1.29 is 9.53 Å². The zero-order valence-corrected chi connectivity index (χ0v) is 11.1. The molecule has 0 aliphatic heterocycles. The van der Waals surface area contributed by atoms with Gasteiger partial charge in [0.25, 0.3) is 0 Å². The lowest BCUT2D eigenvalue weighted by atomic mass is 10.3. The number of hydrogen-bond acceptors (Lipinski definition) is 4. The van der Waals surface area contributed by atoms with E-state index in [-0.39, 0.29) is 16.5 Å². The van der Waals surface area contributed by atoms with Crippen LogP contribution in [0.4, 0.5) is 0 Å². The van der Waals surface area contributed by atoms with Crippen molar-refractivity contribution >= 4 is 40.5 Å². The molecule has 0 aliphatic rings. The van der Waals surface area contributed by atoms with E-state index in [2.05, 4.69) is 4.98 Å². The van der Waals surface area contributed by atoms with Crippen molar-refractivity contribution in [2.75, 3.05) is 0 Å². The molecule has 3 nitrogen and oxygen atoms in total. The van der Waals surface area contributed by atoms with Crippen LogP contribution in [0.25, 0.3) is 0 Å². The third kappa shape index (κ3) is 2.97. The average molecular weight is 288 g/mol. The van der Waals surface area contributed by atoms with E-state index in [1.54, 1.807) is 17.5 Å². The number of esters is 1. The van der Waals surface area contributed by atoms with Gasteiger partial charge >= 0.3 is 5.97 Å². The molecular formula is C11H7Cl2NO2S. The molecule has 88 valence electrons. The van der Waals surface area contributed by atoms with Crippen LogP contribution in [0.2, 0.25) is 10.0 Å². The summed E-state index contributed by atoms with van der Waals surface area (Å²) in [5.41, 5.74) is 0.276. The Morgan fingerprint density at radius 1 is 1.41 bits per heavy atom. The smallest absolute Gasteiger partial charge is 0.363 e. The molecule has 0 atom stereocenters. The number of carbonyl (C=O) groups is 1. The monoisotopic (exact) mass is 287 g/mol. The SMILES string of the molecule is Cc1nc(C(=O)Oc2ccc(Cl)cc2Cl)cs1. The molecule has 0 radical (unpaired) electrons. The fourth-order valence-corrected chi connectivity index (χ4v) is 2.20. The number of carbonyl (C=O) groups excluding carboxylic acids is 1. The second-order valence-corrected chi connectivity index (χ2v) is 5.12. The lowest BCUT2D eigenvalue weighted by Crippen LogP contribution is -2.09. The first kappa shape index (κ1) is 12.4. The van der Waals surface area contributed by atoms with Crippen molar-refractivity contribution in [2.24, 2.45) is 0 Å². The highest BCUT2D eigenvalue weighted by Gasteiger charge is 2.13. The third-order valence-corrected chi connectivity index (χ3v) is 3.23. The molecule has 17 heavy (non-hydrogen) atoms. The van der Waals surface area contributed by atoms with Gasteiger partial charge in [0.05, 0.1) is 10.0 Å². The largest absolute Gasteiger partial charge is 0.420 e. The number of hydrogen-bond donors (Lipinski definition) is 0. The summed E-state index contributed by atoms with van der Waals surface area (Å²) in [6.07, 6.45) is 0. The first-order valence-electron chi connectivity index (χ1n) is 4.65. The summed E-state index contributed by atoms with van der Waals surface area (Å²) in [4.78, 5) is 15.7. The highest BCUT2D eigenvalue weighted by molar-refractivity contribution is 7.09. The van der Waals surface area contributed by atoms with E-state index in [0.717, 1.165) is 5.01 Å². The van der Waals surface area contributed by atoms with E-state index in [9.17, 15) is 4.79 Å². The fourth-order valence-electron chi connectivity index (χ4n) is 1.17. The summed E-state index contributed by atoms with van der Waals surface area (Å²) in [6, 6.07) is 4.65. The summed E-state index contributed by atoms with van der Waals surface area (Å²) in [7, 11) is 0. The fraction of sp³-hybridized carbons (Fsp3) is 0.0909. The van der Waals surface area contributed by atoms with E-state index in [1.165, 1.54) is 17.4 Å². The summed E-state index contributed by atoms with van der Waals surface area (Å²) in [6.45, 7) is 1.82. The van der Waals surface area contributed by atoms with Crippen LogP contribution in [0.3, 0.4) is 0 Å². The Labute approximate surface area is 112 Å². The Morgan fingerprint density at radius 2 is 2.18 bits per heavy atom. The van der Waals surface area contributed by atoms with Crippen LogP contribution < -0.4 is 4.74 Å². The molecular weight excluding hydrogens is 281 g/mol. The first-order valence-corrected chi connectivity index (χ1v) is 6.29. The molecule has 0 saturated heterocycles. The minimum absolute atomic E-state index is 0.270. The Bertz CT molecular complexity index is 568. The molecule has 0 saturated carbocycles. The van der Waals surface area contributed by atoms with Gasteiger partial charge in [0.1, 0.15) is 5.75 Å². The highest BCUT2D eigenvalue weighted by Crippen LogP contribution is 2.28. The van der Waals surface area contributed by atoms with Gasteiger partial charge in [-0.15, -0.1) is 11.3 Å². The molecule has 0 aliphatic carbocycles. The zero-order valence-electron chi connectivity index (χ0n) is 8.74. The molecule has 0 fully saturated rings. The maximum atomic E-state index is 11.7. The summed E-state index contributed by atoms with van der Waals surface area (Å²) < 4.78 is 5.11. The van der Waals surface area contributed by atoms with Gasteiger partial charge in [-0.3, -0.25) is 0 Å². The molecule has 0 N–H and O–H groups in total. The first-order chi connectivity index (χ1) is 8.06. The summed E-state index contributed by atoms with van der Waals surface area (Å²) in [5.74, 6) is -0.259. The maximum absolute atomic E-state index is 11.7. The van der Waals surface area contributed by atoms with Gasteiger partial charge in [-0.05, 0) is 25.1 Å². The van der Waals surface area contributed by atoms with Gasteiger partial charge in [-0.25, -0.2) is 9.78 Å². The minimum atomic E-state index is -0.529. The number of aromatic nitrogens is 1. The van der Waals surface area contributed by atoms with Crippen LogP contribution in [-0.4, -0.2) is 11.0 Å². The number of ether oxygens (including phenoxy) is 1. The third-order valence-electron chi connectivity index (χ3n) is 1.92. The molecule has 1 aromatic carbocycles. The molecule has 1 aromatic heterocycles. The molecule has 0 unspecified atom stereocenters. The second kappa shape index (κ2) is 5.04. The molecule has 0 amide bonds. The molecule has 2 rings (SSSR count). The molecule has 6 heteroatoms. The van der Waals surface area contributed by atoms with Crippen LogP contribution >= 0.6 is 34.5 Å². The van der Waals surface area contributed by atoms with Crippen molar-refractivity contribution in [1.29, 1.82) is 0 Å². The summed E-state index contributed by atoms with van der Waals surface area (Å²) >= 11 is 13.0. The van der Waals surface area contributed by atoms with Crippen molar-refractivity contribution in [1.82, 2.24) is 4.98 Å². The van der Waals surface area contributed by atoms with E-state index in [4.69, 9.17) is 27.9 Å². The maximum Gasteiger partial charge on any atom is 0.363 e. The molecule has 0 spiro atoms. The Hall–Kier alpha value is -1.10. The molecule has 0 bridgehead atoms. The van der Waals surface area contributed by atoms with Crippen molar-refractivity contribution in [3.63, 3.8) is 0 Å². The van der Waals surface area contributed by atoms with Crippen molar-refractivity contribution in [3.8, 4) is 5.75 Å². The van der Waals surface area contributed by atoms with E-state index in [1.807, 2.05) is 6.92 Å². The van der Waals surface area contributed by atoms with Crippen molar-refractivity contribution in [3.05, 3.63) is 44.3 Å². The minimum Gasteiger partial charge on any atom is -0.420 e. The number of rotatable bonds is 2. The zero-order chi connectivity index (χ0) is 12.4. The topological polar surface area (TPSA) is 39.2 Å². The summed E-state index contributed by atoms with van der Waals surface area (Å²) in [5, 5.41) is 3.22. The lowest BCUT2D eigenvalue weighted by Gasteiger charge is -2.04. The number of nitrogens with zero attached hydrogens (tertiary/aromatic N) is 1. The second-order valence-electron chi connectivity index (χ2n) is 3.22. The van der Waals surface area contributed by atoms with Crippen LogP contribution in [-0.2, 0) is 0 Å². The van der Waals surface area contributed by atoms with E-state index in [0.29, 0.717) is 5.02 Å². The van der Waals surface area contributed by atoms with Crippen LogP contribution in [0.5, 0.6) is 5.75 Å². The van der Waals surface area contributed by atoms with Crippen LogP contribution in [0.1, 0.15) is 15.5 Å². The normalized spacial score (nSPS) is 10.3. The number of benzene rings is 1. The number of thiazole rings is 1. The van der Waals surface area contributed by atoms with Crippen LogP contribution in [0.15, 0.2) is 23.6 Å². The van der Waals surface area contributed by atoms with Gasteiger partial charge in [-0.1, -0.05) is 23.2 Å². The lowest BCUT2D eigenvalue weighted by molar-refractivity contribution is 0.0729. The van der Waals surface area contributed by atoms with Gasteiger partial charge in [0.15, 0.2) is 5.69 Å². The molecule has 2 aromatic rings. The van der Waals surface area contributed by atoms with Gasteiger partial charge in [0.2, 0.25) is 0 Å². The standard InChI is InChI=1S/C11H7Cl2NO2S/c1-6-14-9(5-17-6)11(15)16-10-3-2-7(12)4-8(10)13/h2-5H,1H3. The Morgan fingerprint density at radius 3 is 2.76 bits per heavy atom. The highest BCUT2D eigenvalue weighted by atomic mass is 35.5. The Balaban J connectivity index is 2.18. The predicted molar refractivity (Wildman–Crippen MR) is 68.3 cm³/mol. The van der Waals surface area contributed by atoms with E-state index >= 15 is 0 Å². The van der Waals surface area contributed by atoms with E-state index < -0.39 is 5.97 Å². The quantitative estimate of drug-likeness (QED) is 0.620.